The van der Waals surface area contributed by atoms with Gasteiger partial charge in [-0.05, 0) is 47.8 Å². The van der Waals surface area contributed by atoms with Gasteiger partial charge in [-0.1, -0.05) is 89.2 Å². The summed E-state index contributed by atoms with van der Waals surface area (Å²) in [6.45, 7) is 12.9. The van der Waals surface area contributed by atoms with Gasteiger partial charge in [0.2, 0.25) is 5.91 Å². The van der Waals surface area contributed by atoms with E-state index in [2.05, 4.69) is 52.1 Å². The number of rotatable bonds is 10. The maximum Gasteiger partial charge on any atom is 0.328 e. The predicted molar refractivity (Wildman–Crippen MR) is 131 cm³/mol. The van der Waals surface area contributed by atoms with E-state index in [1.807, 2.05) is 49.4 Å². The normalized spacial score (nSPS) is 13.5. The summed E-state index contributed by atoms with van der Waals surface area (Å²) >= 11 is 0. The molecular weight excluding hydrogens is 398 g/mol. The van der Waals surface area contributed by atoms with Crippen LogP contribution in [0.5, 0.6) is 0 Å². The molecule has 2 aromatic carbocycles. The van der Waals surface area contributed by atoms with Crippen molar-refractivity contribution < 1.29 is 14.3 Å². The molecule has 32 heavy (non-hydrogen) atoms. The molecule has 1 unspecified atom stereocenters. The zero-order valence-electron chi connectivity index (χ0n) is 20.5. The van der Waals surface area contributed by atoms with Crippen molar-refractivity contribution in [3.63, 3.8) is 0 Å². The summed E-state index contributed by atoms with van der Waals surface area (Å²) in [6.07, 6.45) is 2.19. The van der Waals surface area contributed by atoms with Gasteiger partial charge in [0.15, 0.2) is 0 Å². The molecule has 2 rings (SSSR count). The van der Waals surface area contributed by atoms with Crippen molar-refractivity contribution in [3.8, 4) is 0 Å². The van der Waals surface area contributed by atoms with Crippen molar-refractivity contribution >= 4 is 11.9 Å². The van der Waals surface area contributed by atoms with Crippen LogP contribution in [-0.2, 0) is 27.2 Å². The topological polar surface area (TPSA) is 55.4 Å². The van der Waals surface area contributed by atoms with Crippen molar-refractivity contribution in [1.29, 1.82) is 0 Å². The Morgan fingerprint density at radius 1 is 0.875 bits per heavy atom. The van der Waals surface area contributed by atoms with Crippen LogP contribution in [-0.4, -0.2) is 24.5 Å². The average molecular weight is 438 g/mol. The molecule has 0 aromatic heterocycles. The molecule has 0 spiro atoms. The largest absolute Gasteiger partial charge is 0.464 e. The molecule has 0 fully saturated rings. The van der Waals surface area contributed by atoms with Crippen LogP contribution in [0.25, 0.3) is 0 Å². The summed E-state index contributed by atoms with van der Waals surface area (Å²) in [5.41, 5.74) is 3.26. The highest BCUT2D eigenvalue weighted by atomic mass is 16.5. The molecule has 0 aliphatic rings. The van der Waals surface area contributed by atoms with Crippen LogP contribution < -0.4 is 5.32 Å². The first-order chi connectivity index (χ1) is 15.0. The monoisotopic (exact) mass is 437 g/mol. The van der Waals surface area contributed by atoms with E-state index in [1.165, 1.54) is 5.56 Å². The molecule has 1 amide bonds. The Hall–Kier alpha value is -2.62. The lowest BCUT2D eigenvalue weighted by molar-refractivity contribution is -0.148. The number of hydrogen-bond acceptors (Lipinski definition) is 3. The predicted octanol–water partition coefficient (Wildman–Crippen LogP) is 5.70. The second kappa shape index (κ2) is 11.8. The molecule has 2 aromatic rings. The van der Waals surface area contributed by atoms with Crippen molar-refractivity contribution in [2.24, 2.45) is 11.3 Å². The van der Waals surface area contributed by atoms with Crippen LogP contribution in [0.2, 0.25) is 0 Å². The molecular formula is C28H39NO3. The van der Waals surface area contributed by atoms with Gasteiger partial charge in [0, 0.05) is 6.42 Å². The SMILES string of the molecule is CC(C)Cc1ccc(C(C)C(=O)N[C@@H](Cc2ccccc2)C(=O)OCCC(C)(C)C)cc1. The third kappa shape index (κ3) is 8.86. The van der Waals surface area contributed by atoms with Gasteiger partial charge in [-0.2, -0.15) is 0 Å². The van der Waals surface area contributed by atoms with Crippen LogP contribution in [0.15, 0.2) is 54.6 Å². The zero-order chi connectivity index (χ0) is 23.7. The Balaban J connectivity index is 2.07. The second-order valence-electron chi connectivity index (χ2n) is 10.3. The molecule has 4 heteroatoms. The van der Waals surface area contributed by atoms with Gasteiger partial charge >= 0.3 is 5.97 Å². The summed E-state index contributed by atoms with van der Waals surface area (Å²) in [5, 5.41) is 2.94. The average Bonchev–Trinajstić information content (AvgIpc) is 2.72. The highest BCUT2D eigenvalue weighted by Gasteiger charge is 2.26. The highest BCUT2D eigenvalue weighted by molar-refractivity contribution is 5.88. The first kappa shape index (κ1) is 25.6. The minimum absolute atomic E-state index is 0.0781. The second-order valence-corrected chi connectivity index (χ2v) is 10.3. The fourth-order valence-corrected chi connectivity index (χ4v) is 3.46. The van der Waals surface area contributed by atoms with Gasteiger partial charge in [-0.15, -0.1) is 0 Å². The Bertz CT molecular complexity index is 850. The smallest absolute Gasteiger partial charge is 0.328 e. The van der Waals surface area contributed by atoms with Gasteiger partial charge in [0.25, 0.3) is 0 Å². The highest BCUT2D eigenvalue weighted by Crippen LogP contribution is 2.20. The third-order valence-corrected chi connectivity index (χ3v) is 5.50. The molecule has 0 radical (unpaired) electrons. The number of esters is 1. The lowest BCUT2D eigenvalue weighted by Crippen LogP contribution is -2.45. The van der Waals surface area contributed by atoms with Gasteiger partial charge in [0.05, 0.1) is 12.5 Å². The molecule has 2 atom stereocenters. The number of hydrogen-bond donors (Lipinski definition) is 1. The van der Waals surface area contributed by atoms with Crippen LogP contribution in [0.4, 0.5) is 0 Å². The van der Waals surface area contributed by atoms with E-state index in [1.54, 1.807) is 0 Å². The fourth-order valence-electron chi connectivity index (χ4n) is 3.46. The number of benzene rings is 2. The summed E-state index contributed by atoms with van der Waals surface area (Å²) in [7, 11) is 0. The number of carbonyl (C=O) groups is 2. The molecule has 0 bridgehead atoms. The Morgan fingerprint density at radius 2 is 1.47 bits per heavy atom. The van der Waals surface area contributed by atoms with Crippen LogP contribution in [0.1, 0.15) is 70.6 Å². The van der Waals surface area contributed by atoms with E-state index in [-0.39, 0.29) is 23.2 Å². The van der Waals surface area contributed by atoms with Crippen LogP contribution in [0.3, 0.4) is 0 Å². The number of nitrogens with one attached hydrogen (secondary N) is 1. The van der Waals surface area contributed by atoms with Gasteiger partial charge in [0.1, 0.15) is 6.04 Å². The fraction of sp³-hybridized carbons (Fsp3) is 0.500. The lowest BCUT2D eigenvalue weighted by Gasteiger charge is -2.22. The van der Waals surface area contributed by atoms with Gasteiger partial charge in [-0.3, -0.25) is 4.79 Å². The zero-order valence-corrected chi connectivity index (χ0v) is 20.5. The maximum absolute atomic E-state index is 13.0. The Kier molecular flexibility index (Phi) is 9.49. The van der Waals surface area contributed by atoms with Crippen molar-refractivity contribution in [2.75, 3.05) is 6.61 Å². The summed E-state index contributed by atoms with van der Waals surface area (Å²) in [5.74, 6) is -0.324. The van der Waals surface area contributed by atoms with Crippen molar-refractivity contribution in [1.82, 2.24) is 5.32 Å². The van der Waals surface area contributed by atoms with Gasteiger partial charge in [-0.25, -0.2) is 4.79 Å². The minimum atomic E-state index is -0.715. The van der Waals surface area contributed by atoms with E-state index in [4.69, 9.17) is 4.74 Å². The van der Waals surface area contributed by atoms with Crippen molar-refractivity contribution in [3.05, 3.63) is 71.3 Å². The minimum Gasteiger partial charge on any atom is -0.464 e. The van der Waals surface area contributed by atoms with E-state index in [9.17, 15) is 9.59 Å². The molecule has 0 saturated heterocycles. The summed E-state index contributed by atoms with van der Waals surface area (Å²) in [6, 6.07) is 17.2. The molecule has 0 aliphatic heterocycles. The standard InChI is InChI=1S/C28H39NO3/c1-20(2)18-23-12-14-24(15-13-23)21(3)26(30)29-25(19-22-10-8-7-9-11-22)27(31)32-17-16-28(4,5)6/h7-15,20-21,25H,16-19H2,1-6H3,(H,29,30)/t21?,25-/m0/s1. The van der Waals surface area contributed by atoms with Crippen molar-refractivity contribution in [2.45, 2.75) is 72.8 Å². The van der Waals surface area contributed by atoms with E-state index in [0.717, 1.165) is 24.0 Å². The summed E-state index contributed by atoms with van der Waals surface area (Å²) < 4.78 is 5.54. The molecule has 0 saturated carbocycles. The molecule has 0 heterocycles. The molecule has 1 N–H and O–H groups in total. The van der Waals surface area contributed by atoms with E-state index in [0.29, 0.717) is 18.9 Å². The number of carbonyl (C=O) groups excluding carboxylic acids is 2. The first-order valence-electron chi connectivity index (χ1n) is 11.6. The summed E-state index contributed by atoms with van der Waals surface area (Å²) in [4.78, 5) is 25.9. The van der Waals surface area contributed by atoms with Gasteiger partial charge < -0.3 is 10.1 Å². The van der Waals surface area contributed by atoms with Crippen LogP contribution in [0, 0.1) is 11.3 Å². The molecule has 174 valence electrons. The van der Waals surface area contributed by atoms with E-state index < -0.39 is 6.04 Å². The number of ether oxygens (including phenoxy) is 1. The molecule has 0 aliphatic carbocycles. The molecule has 4 nitrogen and oxygen atoms in total. The number of amides is 1. The van der Waals surface area contributed by atoms with E-state index >= 15 is 0 Å². The Labute approximate surface area is 193 Å². The Morgan fingerprint density at radius 3 is 2.03 bits per heavy atom. The third-order valence-electron chi connectivity index (χ3n) is 5.50. The quantitative estimate of drug-likeness (QED) is 0.485. The maximum atomic E-state index is 13.0. The first-order valence-corrected chi connectivity index (χ1v) is 11.6. The van der Waals surface area contributed by atoms with Crippen LogP contribution >= 0.6 is 0 Å². The lowest BCUT2D eigenvalue weighted by atomic mass is 9.93.